The average Bonchev–Trinajstić information content (AvgIpc) is 3.60. The molecule has 1 aliphatic heterocycles. The molecule has 7 nitrogen and oxygen atoms in total. The number of hydrogen-bond acceptors (Lipinski definition) is 5. The van der Waals surface area contributed by atoms with Gasteiger partial charge in [-0.2, -0.15) is 0 Å². The van der Waals surface area contributed by atoms with Crippen LogP contribution in [-0.2, 0) is 20.7 Å². The molecule has 1 heterocycles. The monoisotopic (exact) mass is 424 g/mol. The van der Waals surface area contributed by atoms with Crippen molar-refractivity contribution >= 4 is 17.5 Å². The van der Waals surface area contributed by atoms with Crippen molar-refractivity contribution in [3.8, 4) is 5.75 Å². The van der Waals surface area contributed by atoms with Crippen LogP contribution in [0.5, 0.6) is 5.75 Å². The van der Waals surface area contributed by atoms with Gasteiger partial charge >= 0.3 is 0 Å². The van der Waals surface area contributed by atoms with Crippen LogP contribution in [0.25, 0.3) is 0 Å². The Hall–Kier alpha value is -2.90. The molecule has 0 spiro atoms. The van der Waals surface area contributed by atoms with Gasteiger partial charge in [0.1, 0.15) is 18.5 Å². The molecule has 2 aromatic rings. The van der Waals surface area contributed by atoms with Gasteiger partial charge in [-0.05, 0) is 54.2 Å². The number of hydrogen-bond donors (Lipinski definition) is 2. The smallest absolute Gasteiger partial charge is 0.249 e. The molecule has 7 heteroatoms. The van der Waals surface area contributed by atoms with E-state index in [2.05, 4.69) is 5.32 Å². The molecule has 2 fully saturated rings. The van der Waals surface area contributed by atoms with Crippen LogP contribution in [0.4, 0.5) is 5.69 Å². The summed E-state index contributed by atoms with van der Waals surface area (Å²) in [5, 5.41) is 13.8. The van der Waals surface area contributed by atoms with Crippen LogP contribution in [0.2, 0.25) is 0 Å². The first-order valence-corrected chi connectivity index (χ1v) is 10.6. The fraction of sp³-hybridized carbons (Fsp3) is 0.417. The summed E-state index contributed by atoms with van der Waals surface area (Å²) in [6.45, 7) is 1.08. The van der Waals surface area contributed by atoms with E-state index in [-0.39, 0.29) is 24.8 Å². The lowest BCUT2D eigenvalue weighted by molar-refractivity contribution is -0.154. The fourth-order valence-corrected chi connectivity index (χ4v) is 3.82. The number of aliphatic hydroxyl groups excluding tert-OH is 1. The summed E-state index contributed by atoms with van der Waals surface area (Å²) in [5.74, 6) is 1.10. The molecule has 0 radical (unpaired) electrons. The van der Waals surface area contributed by atoms with E-state index in [0.717, 1.165) is 24.2 Å². The lowest BCUT2D eigenvalue weighted by Crippen LogP contribution is -2.52. The van der Waals surface area contributed by atoms with E-state index >= 15 is 0 Å². The number of methoxy groups -OCH3 is 1. The highest BCUT2D eigenvalue weighted by Gasteiger charge is 2.37. The SMILES string of the molecule is COc1ccc(CC(=O)Nc2ccc([C@@H](O)[C@H]3COCC(=O)N3CC3CC3)cc2)cc1. The third kappa shape index (κ3) is 5.42. The quantitative estimate of drug-likeness (QED) is 0.680. The predicted molar refractivity (Wildman–Crippen MR) is 116 cm³/mol. The number of carbonyl (C=O) groups excluding carboxylic acids is 2. The Morgan fingerprint density at radius 3 is 2.55 bits per heavy atom. The summed E-state index contributed by atoms with van der Waals surface area (Å²) < 4.78 is 10.5. The maximum atomic E-state index is 12.3. The molecule has 2 aromatic carbocycles. The number of amides is 2. The minimum Gasteiger partial charge on any atom is -0.497 e. The molecule has 1 aliphatic carbocycles. The summed E-state index contributed by atoms with van der Waals surface area (Å²) in [5.41, 5.74) is 2.24. The molecule has 1 saturated heterocycles. The lowest BCUT2D eigenvalue weighted by Gasteiger charge is -2.38. The molecule has 1 saturated carbocycles. The maximum absolute atomic E-state index is 12.3. The van der Waals surface area contributed by atoms with Crippen molar-refractivity contribution in [2.45, 2.75) is 31.4 Å². The van der Waals surface area contributed by atoms with Gasteiger partial charge in [-0.15, -0.1) is 0 Å². The number of aliphatic hydroxyl groups is 1. The first-order chi connectivity index (χ1) is 15.0. The minimum atomic E-state index is -0.841. The standard InChI is InChI=1S/C24H28N2O5/c1-30-20-10-4-16(5-11-20)12-22(27)25-19-8-6-18(7-9-19)24(29)21-14-31-15-23(28)26(21)13-17-2-3-17/h4-11,17,21,24,29H,2-3,12-15H2,1H3,(H,25,27)/t21-,24-/m1/s1. The van der Waals surface area contributed by atoms with E-state index in [1.807, 2.05) is 24.3 Å². The van der Waals surface area contributed by atoms with E-state index in [1.165, 1.54) is 0 Å². The van der Waals surface area contributed by atoms with E-state index in [1.54, 1.807) is 36.3 Å². The van der Waals surface area contributed by atoms with E-state index in [0.29, 0.717) is 30.3 Å². The third-order valence-electron chi connectivity index (χ3n) is 5.81. The van der Waals surface area contributed by atoms with Crippen LogP contribution < -0.4 is 10.1 Å². The van der Waals surface area contributed by atoms with Crippen molar-refractivity contribution < 1.29 is 24.2 Å². The van der Waals surface area contributed by atoms with Crippen molar-refractivity contribution in [1.82, 2.24) is 4.90 Å². The second kappa shape index (κ2) is 9.49. The molecular weight excluding hydrogens is 396 g/mol. The Labute approximate surface area is 182 Å². The summed E-state index contributed by atoms with van der Waals surface area (Å²) in [7, 11) is 1.60. The van der Waals surface area contributed by atoms with Gasteiger partial charge in [-0.1, -0.05) is 24.3 Å². The van der Waals surface area contributed by atoms with Gasteiger partial charge in [0.05, 0.1) is 26.2 Å². The Morgan fingerprint density at radius 1 is 1.19 bits per heavy atom. The topological polar surface area (TPSA) is 88.1 Å². The molecule has 2 N–H and O–H groups in total. The highest BCUT2D eigenvalue weighted by molar-refractivity contribution is 5.92. The second-order valence-corrected chi connectivity index (χ2v) is 8.21. The Bertz CT molecular complexity index is 909. The predicted octanol–water partition coefficient (Wildman–Crippen LogP) is 2.55. The number of ether oxygens (including phenoxy) is 2. The van der Waals surface area contributed by atoms with Crippen molar-refractivity contribution in [3.05, 3.63) is 59.7 Å². The Balaban J connectivity index is 1.36. The van der Waals surface area contributed by atoms with Crippen molar-refractivity contribution in [3.63, 3.8) is 0 Å². The highest BCUT2D eigenvalue weighted by atomic mass is 16.5. The summed E-state index contributed by atoms with van der Waals surface area (Å²) in [6, 6.07) is 14.1. The zero-order chi connectivity index (χ0) is 21.8. The number of nitrogens with zero attached hydrogens (tertiary/aromatic N) is 1. The molecule has 0 unspecified atom stereocenters. The zero-order valence-electron chi connectivity index (χ0n) is 17.6. The van der Waals surface area contributed by atoms with Gasteiger partial charge in [0, 0.05) is 12.2 Å². The van der Waals surface area contributed by atoms with Crippen LogP contribution >= 0.6 is 0 Å². The average molecular weight is 424 g/mol. The van der Waals surface area contributed by atoms with Crippen molar-refractivity contribution in [2.24, 2.45) is 5.92 Å². The number of nitrogens with one attached hydrogen (secondary N) is 1. The molecule has 0 bridgehead atoms. The molecular formula is C24H28N2O5. The van der Waals surface area contributed by atoms with Gasteiger partial charge in [0.15, 0.2) is 0 Å². The van der Waals surface area contributed by atoms with Crippen molar-refractivity contribution in [1.29, 1.82) is 0 Å². The summed E-state index contributed by atoms with van der Waals surface area (Å²) in [4.78, 5) is 26.4. The number of carbonyl (C=O) groups is 2. The molecule has 2 amide bonds. The van der Waals surface area contributed by atoms with Gasteiger partial charge in [0.25, 0.3) is 0 Å². The molecule has 4 rings (SSSR count). The molecule has 31 heavy (non-hydrogen) atoms. The largest absolute Gasteiger partial charge is 0.497 e. The maximum Gasteiger partial charge on any atom is 0.249 e. The number of benzene rings is 2. The van der Waals surface area contributed by atoms with Gasteiger partial charge in [0.2, 0.25) is 11.8 Å². The lowest BCUT2D eigenvalue weighted by atomic mass is 9.99. The Morgan fingerprint density at radius 2 is 1.90 bits per heavy atom. The molecule has 0 aromatic heterocycles. The summed E-state index contributed by atoms with van der Waals surface area (Å²) >= 11 is 0. The summed E-state index contributed by atoms with van der Waals surface area (Å²) in [6.07, 6.45) is 1.69. The second-order valence-electron chi connectivity index (χ2n) is 8.21. The normalized spacial score (nSPS) is 19.7. The van der Waals surface area contributed by atoms with Crippen LogP contribution in [0.15, 0.2) is 48.5 Å². The van der Waals surface area contributed by atoms with Crippen LogP contribution in [0.1, 0.15) is 30.1 Å². The molecule has 164 valence electrons. The van der Waals surface area contributed by atoms with E-state index in [9.17, 15) is 14.7 Å². The van der Waals surface area contributed by atoms with E-state index < -0.39 is 12.1 Å². The van der Waals surface area contributed by atoms with Gasteiger partial charge < -0.3 is 24.8 Å². The van der Waals surface area contributed by atoms with Gasteiger partial charge in [-0.25, -0.2) is 0 Å². The Kier molecular flexibility index (Phi) is 6.53. The van der Waals surface area contributed by atoms with Crippen LogP contribution in [-0.4, -0.2) is 54.7 Å². The zero-order valence-corrected chi connectivity index (χ0v) is 17.6. The van der Waals surface area contributed by atoms with E-state index in [4.69, 9.17) is 9.47 Å². The third-order valence-corrected chi connectivity index (χ3v) is 5.81. The number of anilines is 1. The van der Waals surface area contributed by atoms with Crippen LogP contribution in [0, 0.1) is 5.92 Å². The fourth-order valence-electron chi connectivity index (χ4n) is 3.82. The molecule has 2 aliphatic rings. The van der Waals surface area contributed by atoms with Crippen LogP contribution in [0.3, 0.4) is 0 Å². The first kappa shape index (κ1) is 21.3. The number of rotatable bonds is 8. The minimum absolute atomic E-state index is 0.0652. The first-order valence-electron chi connectivity index (χ1n) is 10.6. The molecule has 2 atom stereocenters. The number of morpholine rings is 1. The van der Waals surface area contributed by atoms with Gasteiger partial charge in [-0.3, -0.25) is 9.59 Å². The highest BCUT2D eigenvalue weighted by Crippen LogP contribution is 2.33. The van der Waals surface area contributed by atoms with Crippen molar-refractivity contribution in [2.75, 3.05) is 32.2 Å².